The van der Waals surface area contributed by atoms with E-state index in [1.165, 1.54) is 0 Å². The van der Waals surface area contributed by atoms with E-state index in [0.717, 1.165) is 22.9 Å². The van der Waals surface area contributed by atoms with E-state index in [4.69, 9.17) is 4.74 Å². The normalized spacial score (nSPS) is 24.5. The molecule has 0 aliphatic carbocycles. The quantitative estimate of drug-likeness (QED) is 0.813. The molecule has 160 valence electrons. The maximum absolute atomic E-state index is 14.8. The molecular weight excluding hydrogens is 390 g/mol. The van der Waals surface area contributed by atoms with Crippen LogP contribution in [0.25, 0.3) is 10.9 Å². The van der Waals surface area contributed by atoms with Gasteiger partial charge in [-0.2, -0.15) is 5.26 Å². The fraction of sp³-hybridized carbons (Fsp3) is 0.545. The number of rotatable bonds is 5. The van der Waals surface area contributed by atoms with Gasteiger partial charge >= 0.3 is 0 Å². The van der Waals surface area contributed by atoms with E-state index in [1.54, 1.807) is 35.2 Å². The van der Waals surface area contributed by atoms with Crippen LogP contribution >= 0.6 is 0 Å². The summed E-state index contributed by atoms with van der Waals surface area (Å²) >= 11 is 0. The molecule has 0 bridgehead atoms. The number of nitrogens with zero attached hydrogens (tertiary/aromatic N) is 3. The maximum Gasteiger partial charge on any atom is 0.261 e. The van der Waals surface area contributed by atoms with Gasteiger partial charge in [0.05, 0.1) is 30.2 Å². The number of benzene rings is 1. The first-order valence-electron chi connectivity index (χ1n) is 10.2. The third-order valence-electron chi connectivity index (χ3n) is 6.26. The summed E-state index contributed by atoms with van der Waals surface area (Å²) in [6.45, 7) is 1.67. The highest BCUT2D eigenvalue weighted by atomic mass is 19.3. The highest BCUT2D eigenvalue weighted by Gasteiger charge is 2.55. The second kappa shape index (κ2) is 7.97. The van der Waals surface area contributed by atoms with E-state index >= 15 is 0 Å². The Balaban J connectivity index is 1.59. The Hall–Kier alpha value is -2.50. The number of nitrogens with one attached hydrogen (secondary N) is 1. The average Bonchev–Trinajstić information content (AvgIpc) is 3.10. The van der Waals surface area contributed by atoms with Crippen molar-refractivity contribution in [3.63, 3.8) is 0 Å². The Bertz CT molecular complexity index is 983. The molecule has 2 aliphatic heterocycles. The van der Waals surface area contributed by atoms with Crippen molar-refractivity contribution in [1.82, 2.24) is 14.8 Å². The Labute approximate surface area is 174 Å². The molecular formula is C22H26F2N4O2. The number of piperidine rings is 2. The third-order valence-corrected chi connectivity index (χ3v) is 6.26. The molecule has 2 aromatic rings. The predicted octanol–water partition coefficient (Wildman–Crippen LogP) is 3.14. The van der Waals surface area contributed by atoms with Crippen molar-refractivity contribution < 1.29 is 18.3 Å². The Morgan fingerprint density at radius 1 is 1.33 bits per heavy atom. The number of fused-ring (bicyclic) bond motifs is 1. The van der Waals surface area contributed by atoms with Crippen LogP contribution in [0.5, 0.6) is 0 Å². The zero-order valence-electron chi connectivity index (χ0n) is 17.1. The molecule has 0 radical (unpaired) electrons. The van der Waals surface area contributed by atoms with E-state index in [-0.39, 0.29) is 12.5 Å². The van der Waals surface area contributed by atoms with Gasteiger partial charge in [-0.05, 0) is 36.6 Å². The summed E-state index contributed by atoms with van der Waals surface area (Å²) in [6, 6.07) is 7.44. The van der Waals surface area contributed by atoms with E-state index in [2.05, 4.69) is 11.1 Å². The fourth-order valence-electron chi connectivity index (χ4n) is 5.03. The molecule has 3 heterocycles. The zero-order valence-corrected chi connectivity index (χ0v) is 17.1. The van der Waals surface area contributed by atoms with Gasteiger partial charge in [-0.3, -0.25) is 9.69 Å². The molecule has 1 atom stereocenters. The molecule has 2 saturated heterocycles. The molecule has 1 N–H and O–H groups in total. The maximum atomic E-state index is 14.8. The van der Waals surface area contributed by atoms with E-state index in [0.29, 0.717) is 44.8 Å². The zero-order chi connectivity index (χ0) is 21.4. The minimum Gasteiger partial charge on any atom is -0.383 e. The molecule has 2 fully saturated rings. The molecule has 1 aromatic carbocycles. The van der Waals surface area contributed by atoms with Gasteiger partial charge in [-0.15, -0.1) is 0 Å². The van der Waals surface area contributed by atoms with Crippen molar-refractivity contribution in [3.05, 3.63) is 35.5 Å². The summed E-state index contributed by atoms with van der Waals surface area (Å²) < 4.78 is 34.7. The summed E-state index contributed by atoms with van der Waals surface area (Å²) in [5.74, 6) is -3.11. The van der Waals surface area contributed by atoms with Crippen molar-refractivity contribution >= 4 is 16.8 Å². The van der Waals surface area contributed by atoms with Gasteiger partial charge in [0, 0.05) is 56.8 Å². The third kappa shape index (κ3) is 3.92. The Kier molecular flexibility index (Phi) is 5.51. The lowest BCUT2D eigenvalue weighted by molar-refractivity contribution is -0.170. The monoisotopic (exact) mass is 416 g/mol. The van der Waals surface area contributed by atoms with E-state index in [1.807, 2.05) is 6.07 Å². The van der Waals surface area contributed by atoms with E-state index in [9.17, 15) is 18.8 Å². The van der Waals surface area contributed by atoms with Crippen molar-refractivity contribution in [1.29, 1.82) is 5.26 Å². The number of aromatic amines is 1. The lowest BCUT2D eigenvalue weighted by Crippen LogP contribution is -2.61. The lowest BCUT2D eigenvalue weighted by atomic mass is 9.71. The molecule has 1 unspecified atom stereocenters. The molecule has 1 spiro atoms. The molecule has 6 nitrogen and oxygen atoms in total. The Morgan fingerprint density at radius 3 is 2.93 bits per heavy atom. The number of likely N-dealkylation sites (tertiary alicyclic amines) is 2. The average molecular weight is 416 g/mol. The Morgan fingerprint density at radius 2 is 2.17 bits per heavy atom. The van der Waals surface area contributed by atoms with Gasteiger partial charge in [0.2, 0.25) is 5.91 Å². The number of aromatic nitrogens is 1. The van der Waals surface area contributed by atoms with Crippen LogP contribution < -0.4 is 0 Å². The largest absolute Gasteiger partial charge is 0.383 e. The topological polar surface area (TPSA) is 72.4 Å². The first-order chi connectivity index (χ1) is 14.4. The lowest BCUT2D eigenvalue weighted by Gasteiger charge is -2.49. The summed E-state index contributed by atoms with van der Waals surface area (Å²) in [6.07, 6.45) is 2.61. The minimum atomic E-state index is -2.93. The first kappa shape index (κ1) is 20.8. The number of H-pyrrole nitrogens is 1. The number of hydrogen-bond acceptors (Lipinski definition) is 4. The molecule has 0 saturated carbocycles. The van der Waals surface area contributed by atoms with Gasteiger partial charge in [0.15, 0.2) is 0 Å². The number of amides is 1. The number of carbonyl (C=O) groups excluding carboxylic acids is 1. The van der Waals surface area contributed by atoms with Crippen molar-refractivity contribution in [2.45, 2.75) is 31.7 Å². The number of hydrogen-bond donors (Lipinski definition) is 1. The van der Waals surface area contributed by atoms with Crippen molar-refractivity contribution in [3.8, 4) is 6.07 Å². The predicted molar refractivity (Wildman–Crippen MR) is 108 cm³/mol. The van der Waals surface area contributed by atoms with Crippen LogP contribution in [0.1, 0.15) is 30.4 Å². The SMILES string of the molecule is COCCN1CCCC2(CN(Cc3c[nH]c4ccc(C#N)cc34)CC(F)(F)C2)C1=O. The molecule has 1 aromatic heterocycles. The number of methoxy groups -OCH3 is 1. The van der Waals surface area contributed by atoms with Gasteiger partial charge < -0.3 is 14.6 Å². The van der Waals surface area contributed by atoms with Crippen LogP contribution in [0.4, 0.5) is 8.78 Å². The van der Waals surface area contributed by atoms with Crippen LogP contribution in [0.3, 0.4) is 0 Å². The number of alkyl halides is 2. The van der Waals surface area contributed by atoms with Gasteiger partial charge in [-0.1, -0.05) is 0 Å². The summed E-state index contributed by atoms with van der Waals surface area (Å²) in [5, 5.41) is 10.0. The number of halogens is 2. The number of nitriles is 1. The number of ether oxygens (including phenoxy) is 1. The fourth-order valence-corrected chi connectivity index (χ4v) is 5.03. The molecule has 8 heteroatoms. The second-order valence-corrected chi connectivity index (χ2v) is 8.53. The van der Waals surface area contributed by atoms with Crippen LogP contribution in [0.2, 0.25) is 0 Å². The molecule has 30 heavy (non-hydrogen) atoms. The first-order valence-corrected chi connectivity index (χ1v) is 10.2. The molecule has 2 aliphatic rings. The van der Waals surface area contributed by atoms with Gasteiger partial charge in [0.1, 0.15) is 0 Å². The summed E-state index contributed by atoms with van der Waals surface area (Å²) in [4.78, 5) is 19.7. The van der Waals surface area contributed by atoms with Crippen molar-refractivity contribution in [2.24, 2.45) is 5.41 Å². The minimum absolute atomic E-state index is 0.180. The number of carbonyl (C=O) groups is 1. The standard InChI is InChI=1S/C22H26F2N4O2/c1-30-8-7-28-6-2-5-21(20(28)29)13-22(23,24)15-27(14-21)12-17-11-26-19-4-3-16(10-25)9-18(17)19/h3-4,9,11,26H,2,5-8,12-15H2,1H3. The van der Waals surface area contributed by atoms with Gasteiger partial charge in [0.25, 0.3) is 5.92 Å². The van der Waals surface area contributed by atoms with Crippen LogP contribution in [0.15, 0.2) is 24.4 Å². The summed E-state index contributed by atoms with van der Waals surface area (Å²) in [5.41, 5.74) is 1.19. The van der Waals surface area contributed by atoms with Crippen LogP contribution in [-0.4, -0.2) is 66.5 Å². The van der Waals surface area contributed by atoms with Crippen LogP contribution in [0, 0.1) is 16.7 Å². The molecule has 1 amide bonds. The smallest absolute Gasteiger partial charge is 0.261 e. The van der Waals surface area contributed by atoms with Crippen molar-refractivity contribution in [2.75, 3.05) is 39.9 Å². The highest BCUT2D eigenvalue weighted by Crippen LogP contribution is 2.45. The molecule has 4 rings (SSSR count). The van der Waals surface area contributed by atoms with Gasteiger partial charge in [-0.25, -0.2) is 8.78 Å². The van der Waals surface area contributed by atoms with Crippen LogP contribution in [-0.2, 0) is 16.1 Å². The summed E-state index contributed by atoms with van der Waals surface area (Å²) in [7, 11) is 1.57. The highest BCUT2D eigenvalue weighted by molar-refractivity contribution is 5.85. The van der Waals surface area contributed by atoms with E-state index < -0.39 is 17.8 Å². The second-order valence-electron chi connectivity index (χ2n) is 8.53.